The van der Waals surface area contributed by atoms with Gasteiger partial charge in [-0.1, -0.05) is 0 Å². The standard InChI is InChI=1S/C15H16N2O2/c1-11(18)14-5-2-8-16-15(14)17(12-6-7-12)10-13-4-3-9-19-13/h2-5,8-9,12H,6-7,10H2,1H3. The highest BCUT2D eigenvalue weighted by Gasteiger charge is 2.32. The molecule has 0 radical (unpaired) electrons. The number of hydrogen-bond acceptors (Lipinski definition) is 4. The molecule has 1 saturated carbocycles. The summed E-state index contributed by atoms with van der Waals surface area (Å²) in [5, 5.41) is 0. The second-order valence-electron chi connectivity index (χ2n) is 4.87. The van der Waals surface area contributed by atoms with Crippen molar-refractivity contribution >= 4 is 11.6 Å². The largest absolute Gasteiger partial charge is 0.467 e. The second kappa shape index (κ2) is 4.88. The van der Waals surface area contributed by atoms with Crippen LogP contribution in [0.2, 0.25) is 0 Å². The number of furan rings is 1. The van der Waals surface area contributed by atoms with Crippen LogP contribution < -0.4 is 4.90 Å². The topological polar surface area (TPSA) is 46.3 Å². The summed E-state index contributed by atoms with van der Waals surface area (Å²) in [6, 6.07) is 7.94. The van der Waals surface area contributed by atoms with E-state index in [-0.39, 0.29) is 5.78 Å². The van der Waals surface area contributed by atoms with Crippen molar-refractivity contribution in [2.75, 3.05) is 4.90 Å². The Morgan fingerprint density at radius 3 is 2.89 bits per heavy atom. The number of carbonyl (C=O) groups is 1. The number of Topliss-reactive ketones (excluding diaryl/α,β-unsaturated/α-hetero) is 1. The fourth-order valence-electron chi connectivity index (χ4n) is 2.23. The molecule has 0 unspecified atom stereocenters. The van der Waals surface area contributed by atoms with E-state index in [0.717, 1.165) is 24.4 Å². The number of nitrogens with zero attached hydrogens (tertiary/aromatic N) is 2. The van der Waals surface area contributed by atoms with Crippen LogP contribution in [0.15, 0.2) is 41.1 Å². The molecule has 4 heteroatoms. The fourth-order valence-corrected chi connectivity index (χ4v) is 2.23. The van der Waals surface area contributed by atoms with Crippen LogP contribution in [0, 0.1) is 0 Å². The van der Waals surface area contributed by atoms with Gasteiger partial charge < -0.3 is 9.32 Å². The maximum Gasteiger partial charge on any atom is 0.163 e. The number of aromatic nitrogens is 1. The third-order valence-electron chi connectivity index (χ3n) is 3.33. The first-order chi connectivity index (χ1) is 9.25. The number of ketones is 1. The molecule has 0 spiro atoms. The van der Waals surface area contributed by atoms with E-state index in [1.807, 2.05) is 18.2 Å². The molecule has 2 heterocycles. The molecule has 1 aliphatic carbocycles. The quantitative estimate of drug-likeness (QED) is 0.771. The molecule has 0 aromatic carbocycles. The van der Waals surface area contributed by atoms with Gasteiger partial charge in [0, 0.05) is 12.2 Å². The molecule has 2 aromatic heterocycles. The minimum Gasteiger partial charge on any atom is -0.467 e. The maximum atomic E-state index is 11.7. The molecule has 1 fully saturated rings. The van der Waals surface area contributed by atoms with Crippen molar-refractivity contribution in [3.05, 3.63) is 48.0 Å². The molecule has 3 rings (SSSR count). The first-order valence-electron chi connectivity index (χ1n) is 6.50. The van der Waals surface area contributed by atoms with Gasteiger partial charge in [0.25, 0.3) is 0 Å². The van der Waals surface area contributed by atoms with Crippen molar-refractivity contribution in [1.82, 2.24) is 4.98 Å². The number of rotatable bonds is 5. The minimum absolute atomic E-state index is 0.0493. The van der Waals surface area contributed by atoms with E-state index in [9.17, 15) is 4.79 Å². The van der Waals surface area contributed by atoms with Crippen molar-refractivity contribution < 1.29 is 9.21 Å². The molecular formula is C15H16N2O2. The molecule has 0 atom stereocenters. The number of pyridine rings is 1. The van der Waals surface area contributed by atoms with Crippen LogP contribution in [-0.2, 0) is 6.54 Å². The predicted octanol–water partition coefficient (Wildman–Crippen LogP) is 3.05. The summed E-state index contributed by atoms with van der Waals surface area (Å²) in [5.74, 6) is 1.72. The Morgan fingerprint density at radius 2 is 2.26 bits per heavy atom. The molecule has 0 saturated heterocycles. The highest BCUT2D eigenvalue weighted by atomic mass is 16.3. The molecule has 2 aromatic rings. The molecule has 0 aliphatic heterocycles. The molecular weight excluding hydrogens is 240 g/mol. The zero-order valence-electron chi connectivity index (χ0n) is 10.9. The van der Waals surface area contributed by atoms with Gasteiger partial charge in [-0.05, 0) is 44.0 Å². The number of carbonyl (C=O) groups excluding carboxylic acids is 1. The average molecular weight is 256 g/mol. The number of anilines is 1. The molecule has 1 aliphatic rings. The third kappa shape index (κ3) is 2.52. The van der Waals surface area contributed by atoms with Gasteiger partial charge in [-0.25, -0.2) is 4.98 Å². The first-order valence-corrected chi connectivity index (χ1v) is 6.50. The Morgan fingerprint density at radius 1 is 1.42 bits per heavy atom. The van der Waals surface area contributed by atoms with E-state index in [1.165, 1.54) is 0 Å². The Kier molecular flexibility index (Phi) is 3.07. The van der Waals surface area contributed by atoms with Crippen LogP contribution in [0.25, 0.3) is 0 Å². The lowest BCUT2D eigenvalue weighted by Gasteiger charge is -2.24. The van der Waals surface area contributed by atoms with Gasteiger partial charge in [0.05, 0.1) is 18.4 Å². The van der Waals surface area contributed by atoms with Gasteiger partial charge in [-0.15, -0.1) is 0 Å². The second-order valence-corrected chi connectivity index (χ2v) is 4.87. The lowest BCUT2D eigenvalue weighted by molar-refractivity contribution is 0.101. The first kappa shape index (κ1) is 12.0. The van der Waals surface area contributed by atoms with Crippen molar-refractivity contribution in [2.45, 2.75) is 32.4 Å². The molecule has 4 nitrogen and oxygen atoms in total. The summed E-state index contributed by atoms with van der Waals surface area (Å²) < 4.78 is 5.41. The molecule has 98 valence electrons. The molecule has 0 N–H and O–H groups in total. The van der Waals surface area contributed by atoms with Gasteiger partial charge in [0.2, 0.25) is 0 Å². The third-order valence-corrected chi connectivity index (χ3v) is 3.33. The Hall–Kier alpha value is -2.10. The van der Waals surface area contributed by atoms with E-state index in [2.05, 4.69) is 9.88 Å². The summed E-state index contributed by atoms with van der Waals surface area (Å²) in [4.78, 5) is 18.3. The van der Waals surface area contributed by atoms with E-state index < -0.39 is 0 Å². The smallest absolute Gasteiger partial charge is 0.163 e. The van der Waals surface area contributed by atoms with Crippen molar-refractivity contribution in [3.63, 3.8) is 0 Å². The van der Waals surface area contributed by atoms with Crippen molar-refractivity contribution in [1.29, 1.82) is 0 Å². The maximum absolute atomic E-state index is 11.7. The fraction of sp³-hybridized carbons (Fsp3) is 0.333. The minimum atomic E-state index is 0.0493. The van der Waals surface area contributed by atoms with E-state index in [4.69, 9.17) is 4.42 Å². The monoisotopic (exact) mass is 256 g/mol. The van der Waals surface area contributed by atoms with E-state index in [0.29, 0.717) is 18.2 Å². The Labute approximate surface area is 112 Å². The van der Waals surface area contributed by atoms with Crippen LogP contribution in [0.1, 0.15) is 35.9 Å². The van der Waals surface area contributed by atoms with E-state index in [1.54, 1.807) is 25.5 Å². The van der Waals surface area contributed by atoms with Gasteiger partial charge in [0.15, 0.2) is 5.78 Å². The zero-order chi connectivity index (χ0) is 13.2. The summed E-state index contributed by atoms with van der Waals surface area (Å²) >= 11 is 0. The zero-order valence-corrected chi connectivity index (χ0v) is 10.9. The summed E-state index contributed by atoms with van der Waals surface area (Å²) in [5.41, 5.74) is 0.681. The number of hydrogen-bond donors (Lipinski definition) is 0. The highest BCUT2D eigenvalue weighted by molar-refractivity contribution is 5.98. The van der Waals surface area contributed by atoms with Crippen molar-refractivity contribution in [2.24, 2.45) is 0 Å². The normalized spacial score (nSPS) is 14.4. The van der Waals surface area contributed by atoms with Gasteiger partial charge >= 0.3 is 0 Å². The molecule has 19 heavy (non-hydrogen) atoms. The summed E-state index contributed by atoms with van der Waals surface area (Å²) in [6.45, 7) is 2.24. The van der Waals surface area contributed by atoms with Crippen LogP contribution in [0.5, 0.6) is 0 Å². The average Bonchev–Trinajstić information content (AvgIpc) is 3.13. The molecule has 0 amide bonds. The van der Waals surface area contributed by atoms with Gasteiger partial charge in [-0.3, -0.25) is 4.79 Å². The Bertz CT molecular complexity index is 574. The highest BCUT2D eigenvalue weighted by Crippen LogP contribution is 2.33. The Balaban J connectivity index is 1.94. The van der Waals surface area contributed by atoms with Crippen LogP contribution in [0.4, 0.5) is 5.82 Å². The van der Waals surface area contributed by atoms with Crippen LogP contribution in [-0.4, -0.2) is 16.8 Å². The van der Waals surface area contributed by atoms with Crippen molar-refractivity contribution in [3.8, 4) is 0 Å². The van der Waals surface area contributed by atoms with Crippen LogP contribution in [0.3, 0.4) is 0 Å². The summed E-state index contributed by atoms with van der Waals surface area (Å²) in [6.07, 6.45) is 5.70. The lowest BCUT2D eigenvalue weighted by atomic mass is 10.1. The predicted molar refractivity (Wildman–Crippen MR) is 72.2 cm³/mol. The lowest BCUT2D eigenvalue weighted by Crippen LogP contribution is -2.27. The SMILES string of the molecule is CC(=O)c1cccnc1N(Cc1ccco1)C1CC1. The van der Waals surface area contributed by atoms with Crippen LogP contribution >= 0.6 is 0 Å². The molecule has 0 bridgehead atoms. The summed E-state index contributed by atoms with van der Waals surface area (Å²) in [7, 11) is 0. The van der Waals surface area contributed by atoms with Gasteiger partial charge in [-0.2, -0.15) is 0 Å². The van der Waals surface area contributed by atoms with E-state index >= 15 is 0 Å². The van der Waals surface area contributed by atoms with Gasteiger partial charge in [0.1, 0.15) is 11.6 Å².